The molecule has 10 heteroatoms. The van der Waals surface area contributed by atoms with E-state index in [1.165, 1.54) is 18.7 Å². The quantitative estimate of drug-likeness (QED) is 0.364. The van der Waals surface area contributed by atoms with Crippen LogP contribution < -0.4 is 16.0 Å². The van der Waals surface area contributed by atoms with Gasteiger partial charge in [0.05, 0.1) is 6.21 Å². The topological polar surface area (TPSA) is 128 Å². The number of hydrogen-bond acceptors (Lipinski definition) is 6. The molecule has 2 atom stereocenters. The van der Waals surface area contributed by atoms with Crippen LogP contribution in [0.4, 0.5) is 0 Å². The summed E-state index contributed by atoms with van der Waals surface area (Å²) in [6, 6.07) is 5.15. The van der Waals surface area contributed by atoms with Crippen molar-refractivity contribution in [1.29, 1.82) is 5.41 Å². The molecule has 1 aromatic carbocycles. The zero-order chi connectivity index (χ0) is 21.8. The van der Waals surface area contributed by atoms with Gasteiger partial charge in [0.15, 0.2) is 5.78 Å². The van der Waals surface area contributed by atoms with Crippen LogP contribution in [0.5, 0.6) is 0 Å². The lowest BCUT2D eigenvalue weighted by molar-refractivity contribution is -0.131. The van der Waals surface area contributed by atoms with Crippen molar-refractivity contribution < 1.29 is 19.2 Å². The molecule has 0 heterocycles. The number of Topliss-reactive ketones (excluding diaryl/α,β-unsaturated/α-hetero) is 1. The number of hydrogen-bond donors (Lipinski definition) is 4. The molecule has 0 saturated carbocycles. The molecule has 0 aliphatic carbocycles. The minimum absolute atomic E-state index is 0.0401. The summed E-state index contributed by atoms with van der Waals surface area (Å²) in [6.45, 7) is 1.53. The molecule has 8 nitrogen and oxygen atoms in total. The Morgan fingerprint density at radius 3 is 2.31 bits per heavy atom. The van der Waals surface area contributed by atoms with Crippen molar-refractivity contribution >= 4 is 53.1 Å². The van der Waals surface area contributed by atoms with E-state index < -0.39 is 29.7 Å². The molecule has 0 radical (unpaired) electrons. The minimum atomic E-state index is -0.975. The molecule has 1 rings (SSSR count). The van der Waals surface area contributed by atoms with E-state index in [1.807, 2.05) is 0 Å². The Labute approximate surface area is 179 Å². The maximum absolute atomic E-state index is 12.6. The smallest absolute Gasteiger partial charge is 0.244 e. The summed E-state index contributed by atoms with van der Waals surface area (Å²) < 4.78 is 0. The second kappa shape index (κ2) is 12.9. The number of carbonyl (C=O) groups excluding carboxylic acids is 4. The van der Waals surface area contributed by atoms with Gasteiger partial charge in [0.25, 0.3) is 0 Å². The van der Waals surface area contributed by atoms with Crippen LogP contribution in [0.15, 0.2) is 24.3 Å². The maximum atomic E-state index is 12.6. The van der Waals surface area contributed by atoms with Crippen LogP contribution >= 0.6 is 23.4 Å². The van der Waals surface area contributed by atoms with Gasteiger partial charge in [-0.15, -0.1) is 0 Å². The van der Waals surface area contributed by atoms with Gasteiger partial charge in [-0.05, 0) is 30.4 Å². The first kappa shape index (κ1) is 24.6. The summed E-state index contributed by atoms with van der Waals surface area (Å²) in [4.78, 5) is 47.9. The summed E-state index contributed by atoms with van der Waals surface area (Å²) in [5.41, 5.74) is 0.821. The van der Waals surface area contributed by atoms with Gasteiger partial charge in [0, 0.05) is 30.7 Å². The Kier molecular flexibility index (Phi) is 11.0. The molecule has 29 heavy (non-hydrogen) atoms. The number of ketones is 1. The van der Waals surface area contributed by atoms with Gasteiger partial charge >= 0.3 is 0 Å². The minimum Gasteiger partial charge on any atom is -0.350 e. The number of amides is 3. The maximum Gasteiger partial charge on any atom is 0.244 e. The van der Waals surface area contributed by atoms with Gasteiger partial charge in [-0.25, -0.2) is 0 Å². The third-order valence-corrected chi connectivity index (χ3v) is 4.80. The van der Waals surface area contributed by atoms with E-state index in [4.69, 9.17) is 17.0 Å². The van der Waals surface area contributed by atoms with Gasteiger partial charge in [0.2, 0.25) is 17.7 Å². The third-order valence-electron chi connectivity index (χ3n) is 3.88. The fourth-order valence-electron chi connectivity index (χ4n) is 2.41. The van der Waals surface area contributed by atoms with Crippen molar-refractivity contribution in [2.45, 2.75) is 38.4 Å². The Morgan fingerprint density at radius 2 is 1.76 bits per heavy atom. The van der Waals surface area contributed by atoms with Crippen LogP contribution in [0.25, 0.3) is 0 Å². The Hall–Kier alpha value is -2.39. The first-order chi connectivity index (χ1) is 13.8. The van der Waals surface area contributed by atoms with Gasteiger partial charge in [-0.3, -0.25) is 19.2 Å². The predicted octanol–water partition coefficient (Wildman–Crippen LogP) is 1.31. The van der Waals surface area contributed by atoms with Crippen molar-refractivity contribution in [1.82, 2.24) is 16.0 Å². The highest BCUT2D eigenvalue weighted by molar-refractivity contribution is 7.98. The van der Waals surface area contributed by atoms with Crippen LogP contribution in [-0.2, 0) is 25.7 Å². The van der Waals surface area contributed by atoms with E-state index in [9.17, 15) is 19.2 Å². The van der Waals surface area contributed by atoms with Crippen LogP contribution in [0.2, 0.25) is 5.02 Å². The van der Waals surface area contributed by atoms with Crippen LogP contribution in [0, 0.1) is 5.41 Å². The van der Waals surface area contributed by atoms with Crippen molar-refractivity contribution in [3.8, 4) is 0 Å². The summed E-state index contributed by atoms with van der Waals surface area (Å²) in [5, 5.41) is 15.4. The highest BCUT2D eigenvalue weighted by Gasteiger charge is 2.26. The number of carbonyl (C=O) groups is 4. The lowest BCUT2D eigenvalue weighted by atomic mass is 10.1. The largest absolute Gasteiger partial charge is 0.350 e. The molecule has 0 aliphatic heterocycles. The molecule has 4 N–H and O–H groups in total. The van der Waals surface area contributed by atoms with Crippen molar-refractivity contribution in [2.24, 2.45) is 0 Å². The Balaban J connectivity index is 2.81. The molecule has 3 amide bonds. The van der Waals surface area contributed by atoms with E-state index in [-0.39, 0.29) is 25.3 Å². The summed E-state index contributed by atoms with van der Waals surface area (Å²) in [6.07, 6.45) is 2.45. The number of halogens is 1. The van der Waals surface area contributed by atoms with Crippen LogP contribution in [-0.4, -0.2) is 53.8 Å². The van der Waals surface area contributed by atoms with Crippen LogP contribution in [0.1, 0.15) is 25.3 Å². The average Bonchev–Trinajstić information content (AvgIpc) is 2.69. The number of nitrogens with one attached hydrogen (secondary N) is 4. The molecule has 0 aromatic heterocycles. The van der Waals surface area contributed by atoms with Crippen LogP contribution in [0.3, 0.4) is 0 Å². The lowest BCUT2D eigenvalue weighted by Crippen LogP contribution is -2.54. The SMILES string of the molecule is CSC[C@H](NC(C)=O)C(=O)N[C@@H](CCC(=O)C=N)C(=O)NCc1ccc(Cl)cc1. The molecule has 1 aromatic rings. The van der Waals surface area contributed by atoms with Gasteiger partial charge < -0.3 is 21.4 Å². The van der Waals surface area contributed by atoms with E-state index in [1.54, 1.807) is 30.5 Å². The molecular formula is C19H25ClN4O4S. The summed E-state index contributed by atoms with van der Waals surface area (Å²) >= 11 is 7.22. The Morgan fingerprint density at radius 1 is 1.10 bits per heavy atom. The summed E-state index contributed by atoms with van der Waals surface area (Å²) in [5.74, 6) is -1.44. The highest BCUT2D eigenvalue weighted by Crippen LogP contribution is 2.09. The lowest BCUT2D eigenvalue weighted by Gasteiger charge is -2.22. The van der Waals surface area contributed by atoms with Crippen molar-refractivity contribution in [2.75, 3.05) is 12.0 Å². The predicted molar refractivity (Wildman–Crippen MR) is 114 cm³/mol. The monoisotopic (exact) mass is 440 g/mol. The first-order valence-electron chi connectivity index (χ1n) is 8.88. The van der Waals surface area contributed by atoms with E-state index >= 15 is 0 Å². The number of benzene rings is 1. The van der Waals surface area contributed by atoms with Gasteiger partial charge in [-0.2, -0.15) is 11.8 Å². The molecule has 0 aliphatic rings. The molecule has 158 valence electrons. The molecule has 0 bridgehead atoms. The van der Waals surface area contributed by atoms with Crippen molar-refractivity contribution in [3.63, 3.8) is 0 Å². The number of rotatable bonds is 12. The standard InChI is InChI=1S/C19H25ClN4O4S/c1-12(25)23-17(11-29-2)19(28)24-16(8-7-15(26)9-21)18(27)22-10-13-3-5-14(20)6-4-13/h3-6,9,16-17,21H,7-8,10-11H2,1-2H3,(H,22,27)(H,23,25)(H,24,28)/t16-,17-/m0/s1. The van der Waals surface area contributed by atoms with E-state index in [0.29, 0.717) is 17.0 Å². The summed E-state index contributed by atoms with van der Waals surface area (Å²) in [7, 11) is 0. The fourth-order valence-corrected chi connectivity index (χ4v) is 3.10. The number of thioether (sulfide) groups is 1. The van der Waals surface area contributed by atoms with Gasteiger partial charge in [-0.1, -0.05) is 23.7 Å². The normalized spacial score (nSPS) is 12.4. The second-order valence-electron chi connectivity index (χ2n) is 6.26. The third kappa shape index (κ3) is 9.58. The molecule has 0 fully saturated rings. The van der Waals surface area contributed by atoms with E-state index in [0.717, 1.165) is 5.56 Å². The molecule has 0 spiro atoms. The zero-order valence-electron chi connectivity index (χ0n) is 16.3. The average molecular weight is 441 g/mol. The van der Waals surface area contributed by atoms with E-state index in [2.05, 4.69) is 16.0 Å². The second-order valence-corrected chi connectivity index (χ2v) is 7.61. The molecule has 0 saturated heterocycles. The first-order valence-corrected chi connectivity index (χ1v) is 10.7. The van der Waals surface area contributed by atoms with Gasteiger partial charge in [0.1, 0.15) is 12.1 Å². The fraction of sp³-hybridized carbons (Fsp3) is 0.421. The highest BCUT2D eigenvalue weighted by atomic mass is 35.5. The molecular weight excluding hydrogens is 416 g/mol. The zero-order valence-corrected chi connectivity index (χ0v) is 17.9. The Bertz CT molecular complexity index is 742. The molecule has 0 unspecified atom stereocenters. The van der Waals surface area contributed by atoms with Crippen molar-refractivity contribution in [3.05, 3.63) is 34.9 Å².